The largest absolute Gasteiger partial charge is 0.480 e. The Morgan fingerprint density at radius 3 is 2.76 bits per heavy atom. The molecule has 0 radical (unpaired) electrons. The minimum absolute atomic E-state index is 0.0589. The van der Waals surface area contributed by atoms with Crippen molar-refractivity contribution in [2.24, 2.45) is 0 Å². The molecule has 1 rings (SSSR count). The van der Waals surface area contributed by atoms with Crippen LogP contribution in [-0.2, 0) is 14.3 Å². The van der Waals surface area contributed by atoms with Crippen LogP contribution in [0.1, 0.15) is 38.5 Å². The second kappa shape index (κ2) is 7.27. The van der Waals surface area contributed by atoms with Crippen LogP contribution in [0.3, 0.4) is 0 Å². The summed E-state index contributed by atoms with van der Waals surface area (Å²) in [5.74, 6) is -0.941. The molecule has 5 nitrogen and oxygen atoms in total. The first kappa shape index (κ1) is 14.0. The van der Waals surface area contributed by atoms with Crippen LogP contribution in [0.4, 0.5) is 0 Å². The molecule has 1 saturated heterocycles. The summed E-state index contributed by atoms with van der Waals surface area (Å²) in [6.07, 6.45) is 4.39. The van der Waals surface area contributed by atoms with Crippen LogP contribution >= 0.6 is 0 Å². The number of carboxylic acid groups (broad SMARTS) is 1. The minimum Gasteiger partial charge on any atom is -0.480 e. The maximum Gasteiger partial charge on any atom is 0.326 e. The number of carboxylic acids is 1. The first-order valence-electron chi connectivity index (χ1n) is 6.18. The molecule has 0 aliphatic carbocycles. The molecule has 0 bridgehead atoms. The number of hydrogen-bond acceptors (Lipinski definition) is 3. The van der Waals surface area contributed by atoms with E-state index >= 15 is 0 Å². The maximum atomic E-state index is 11.9. The summed E-state index contributed by atoms with van der Waals surface area (Å²) in [7, 11) is 1.59. The number of likely N-dealkylation sites (tertiary alicyclic amines) is 1. The minimum atomic E-state index is -0.882. The van der Waals surface area contributed by atoms with Gasteiger partial charge in [-0.15, -0.1) is 0 Å². The lowest BCUT2D eigenvalue weighted by Crippen LogP contribution is -2.44. The molecular weight excluding hydrogens is 222 g/mol. The Hall–Kier alpha value is -1.10. The Morgan fingerprint density at radius 1 is 1.35 bits per heavy atom. The Balaban J connectivity index is 2.55. The van der Waals surface area contributed by atoms with Gasteiger partial charge in [0.1, 0.15) is 6.04 Å². The molecule has 17 heavy (non-hydrogen) atoms. The molecule has 0 aromatic heterocycles. The molecule has 5 heteroatoms. The molecule has 1 aliphatic rings. The lowest BCUT2D eigenvalue weighted by molar-refractivity contribution is -0.150. The highest BCUT2D eigenvalue weighted by Crippen LogP contribution is 2.18. The second-order valence-corrected chi connectivity index (χ2v) is 4.39. The molecule has 1 N–H and O–H groups in total. The van der Waals surface area contributed by atoms with Crippen LogP contribution in [0.25, 0.3) is 0 Å². The zero-order valence-electron chi connectivity index (χ0n) is 10.4. The lowest BCUT2D eigenvalue weighted by atomic mass is 10.1. The van der Waals surface area contributed by atoms with Gasteiger partial charge in [0, 0.05) is 26.7 Å². The maximum absolute atomic E-state index is 11.9. The fraction of sp³-hybridized carbons (Fsp3) is 0.833. The van der Waals surface area contributed by atoms with Gasteiger partial charge in [0.25, 0.3) is 0 Å². The number of ether oxygens (including phenoxy) is 1. The van der Waals surface area contributed by atoms with Gasteiger partial charge < -0.3 is 14.7 Å². The highest BCUT2D eigenvalue weighted by Gasteiger charge is 2.30. The Labute approximate surface area is 102 Å². The third kappa shape index (κ3) is 4.34. The van der Waals surface area contributed by atoms with Crippen LogP contribution in [0.2, 0.25) is 0 Å². The summed E-state index contributed by atoms with van der Waals surface area (Å²) in [5, 5.41) is 9.14. The van der Waals surface area contributed by atoms with Gasteiger partial charge in [-0.3, -0.25) is 4.79 Å². The van der Waals surface area contributed by atoms with Crippen LogP contribution < -0.4 is 0 Å². The van der Waals surface area contributed by atoms with Crippen LogP contribution in [0.5, 0.6) is 0 Å². The molecule has 1 unspecified atom stereocenters. The first-order chi connectivity index (χ1) is 8.16. The van der Waals surface area contributed by atoms with Gasteiger partial charge in [-0.1, -0.05) is 12.8 Å². The van der Waals surface area contributed by atoms with E-state index in [9.17, 15) is 9.59 Å². The van der Waals surface area contributed by atoms with Crippen molar-refractivity contribution in [1.82, 2.24) is 4.90 Å². The SMILES string of the molecule is COCCCC(=O)N1CCCCCC1C(=O)O. The van der Waals surface area contributed by atoms with Gasteiger partial charge >= 0.3 is 5.97 Å². The molecule has 0 aromatic carbocycles. The predicted molar refractivity (Wildman–Crippen MR) is 62.7 cm³/mol. The van der Waals surface area contributed by atoms with Crippen molar-refractivity contribution in [1.29, 1.82) is 0 Å². The molecule has 1 atom stereocenters. The summed E-state index contributed by atoms with van der Waals surface area (Å²) in [5.41, 5.74) is 0. The Bertz CT molecular complexity index is 267. The molecule has 0 saturated carbocycles. The van der Waals surface area contributed by atoms with E-state index in [1.165, 1.54) is 4.90 Å². The van der Waals surface area contributed by atoms with E-state index < -0.39 is 12.0 Å². The average molecular weight is 243 g/mol. The molecule has 98 valence electrons. The zero-order chi connectivity index (χ0) is 12.7. The lowest BCUT2D eigenvalue weighted by Gasteiger charge is -2.26. The Morgan fingerprint density at radius 2 is 2.12 bits per heavy atom. The van der Waals surface area contributed by atoms with Crippen LogP contribution in [-0.4, -0.2) is 48.2 Å². The quantitative estimate of drug-likeness (QED) is 0.738. The topological polar surface area (TPSA) is 66.8 Å². The summed E-state index contributed by atoms with van der Waals surface area (Å²) in [6, 6.07) is -0.632. The standard InChI is InChI=1S/C12H21NO4/c1-17-9-5-7-11(14)13-8-4-2-3-6-10(13)12(15)16/h10H,2-9H2,1H3,(H,15,16). The predicted octanol–water partition coefficient (Wildman–Crippen LogP) is 1.27. The fourth-order valence-electron chi connectivity index (χ4n) is 2.17. The van der Waals surface area contributed by atoms with Crippen LogP contribution in [0, 0.1) is 0 Å². The summed E-state index contributed by atoms with van der Waals surface area (Å²) in [4.78, 5) is 24.6. The van der Waals surface area contributed by atoms with Crippen molar-refractivity contribution >= 4 is 11.9 Å². The molecular formula is C12H21NO4. The second-order valence-electron chi connectivity index (χ2n) is 4.39. The Kier molecular flexibility index (Phi) is 5.97. The smallest absolute Gasteiger partial charge is 0.326 e. The van der Waals surface area contributed by atoms with E-state index in [0.29, 0.717) is 32.4 Å². The zero-order valence-corrected chi connectivity index (χ0v) is 10.4. The number of carbonyl (C=O) groups is 2. The monoisotopic (exact) mass is 243 g/mol. The number of amides is 1. The van der Waals surface area contributed by atoms with E-state index in [1.54, 1.807) is 7.11 Å². The normalized spacial score (nSPS) is 21.0. The third-order valence-electron chi connectivity index (χ3n) is 3.10. The summed E-state index contributed by atoms with van der Waals surface area (Å²) >= 11 is 0. The van der Waals surface area contributed by atoms with Gasteiger partial charge in [0.2, 0.25) is 5.91 Å². The van der Waals surface area contributed by atoms with Crippen molar-refractivity contribution in [3.05, 3.63) is 0 Å². The van der Waals surface area contributed by atoms with Crippen molar-refractivity contribution in [2.45, 2.75) is 44.6 Å². The van der Waals surface area contributed by atoms with Gasteiger partial charge in [-0.05, 0) is 19.3 Å². The fourth-order valence-corrected chi connectivity index (χ4v) is 2.17. The van der Waals surface area contributed by atoms with E-state index in [1.807, 2.05) is 0 Å². The summed E-state index contributed by atoms with van der Waals surface area (Å²) < 4.78 is 4.89. The first-order valence-corrected chi connectivity index (χ1v) is 6.18. The van der Waals surface area contributed by atoms with E-state index in [-0.39, 0.29) is 5.91 Å². The summed E-state index contributed by atoms with van der Waals surface area (Å²) in [6.45, 7) is 1.11. The molecule has 1 aliphatic heterocycles. The average Bonchev–Trinajstić information content (AvgIpc) is 2.54. The highest BCUT2D eigenvalue weighted by atomic mass is 16.5. The molecule has 1 fully saturated rings. The third-order valence-corrected chi connectivity index (χ3v) is 3.10. The van der Waals surface area contributed by atoms with Gasteiger partial charge in [0.15, 0.2) is 0 Å². The number of rotatable bonds is 5. The highest BCUT2D eigenvalue weighted by molar-refractivity contribution is 5.83. The van der Waals surface area contributed by atoms with Gasteiger partial charge in [-0.25, -0.2) is 4.79 Å². The molecule has 1 amide bonds. The number of carbonyl (C=O) groups excluding carboxylic acids is 1. The molecule has 0 aromatic rings. The van der Waals surface area contributed by atoms with Crippen molar-refractivity contribution in [3.8, 4) is 0 Å². The van der Waals surface area contributed by atoms with Crippen molar-refractivity contribution in [2.75, 3.05) is 20.3 Å². The van der Waals surface area contributed by atoms with Crippen LogP contribution in [0.15, 0.2) is 0 Å². The molecule has 0 spiro atoms. The van der Waals surface area contributed by atoms with E-state index in [2.05, 4.69) is 0 Å². The number of nitrogens with zero attached hydrogens (tertiary/aromatic N) is 1. The number of aliphatic carboxylic acids is 1. The number of hydrogen-bond donors (Lipinski definition) is 1. The van der Waals surface area contributed by atoms with Gasteiger partial charge in [0.05, 0.1) is 0 Å². The van der Waals surface area contributed by atoms with Crippen molar-refractivity contribution < 1.29 is 19.4 Å². The van der Waals surface area contributed by atoms with Crippen molar-refractivity contribution in [3.63, 3.8) is 0 Å². The van der Waals surface area contributed by atoms with Gasteiger partial charge in [-0.2, -0.15) is 0 Å². The number of methoxy groups -OCH3 is 1. The molecule has 1 heterocycles. The van der Waals surface area contributed by atoms with E-state index in [0.717, 1.165) is 19.3 Å². The van der Waals surface area contributed by atoms with E-state index in [4.69, 9.17) is 9.84 Å².